The van der Waals surface area contributed by atoms with Gasteiger partial charge >= 0.3 is 5.97 Å². The van der Waals surface area contributed by atoms with Gasteiger partial charge < -0.3 is 14.9 Å². The fourth-order valence-electron chi connectivity index (χ4n) is 3.27. The van der Waals surface area contributed by atoms with E-state index in [-0.39, 0.29) is 18.4 Å². The maximum atomic E-state index is 12.5. The number of carboxylic acids is 1. The maximum absolute atomic E-state index is 12.5. The van der Waals surface area contributed by atoms with Crippen molar-refractivity contribution in [2.24, 2.45) is 5.41 Å². The largest absolute Gasteiger partial charge is 0.481 e. The monoisotopic (exact) mass is 284 g/mol. The van der Waals surface area contributed by atoms with Gasteiger partial charge in [0.05, 0.1) is 5.41 Å². The number of carbonyl (C=O) groups is 2. The summed E-state index contributed by atoms with van der Waals surface area (Å²) in [4.78, 5) is 27.9. The lowest BCUT2D eigenvalue weighted by Gasteiger charge is -2.33. The van der Waals surface area contributed by atoms with Gasteiger partial charge in [-0.2, -0.15) is 0 Å². The summed E-state index contributed by atoms with van der Waals surface area (Å²) < 4.78 is 0. The average Bonchev–Trinajstić information content (AvgIpc) is 2.78. The fourth-order valence-corrected chi connectivity index (χ4v) is 3.27. The molecule has 20 heavy (non-hydrogen) atoms. The van der Waals surface area contributed by atoms with E-state index >= 15 is 0 Å². The molecule has 1 unspecified atom stereocenters. The van der Waals surface area contributed by atoms with Gasteiger partial charge in [0, 0.05) is 25.6 Å². The van der Waals surface area contributed by atoms with E-state index in [0.29, 0.717) is 19.4 Å². The van der Waals surface area contributed by atoms with Gasteiger partial charge in [0.15, 0.2) is 0 Å². The van der Waals surface area contributed by atoms with Crippen molar-refractivity contribution in [1.82, 2.24) is 9.80 Å². The fraction of sp³-hybridized carbons (Fsp3) is 0.867. The van der Waals surface area contributed by atoms with E-state index in [1.54, 1.807) is 0 Å². The van der Waals surface area contributed by atoms with Crippen LogP contribution in [-0.2, 0) is 9.59 Å². The van der Waals surface area contributed by atoms with Crippen LogP contribution < -0.4 is 0 Å². The summed E-state index contributed by atoms with van der Waals surface area (Å²) in [6, 6.07) is 0.106. The molecule has 5 nitrogen and oxygen atoms in total. The molecule has 0 spiro atoms. The number of nitrogens with zero attached hydrogens (tertiary/aromatic N) is 2. The molecule has 1 fully saturated rings. The molecule has 0 aromatic carbocycles. The number of carbonyl (C=O) groups excluding carboxylic acids is 1. The number of carboxylic acid groups (broad SMARTS) is 1. The van der Waals surface area contributed by atoms with Crippen LogP contribution in [0.15, 0.2) is 0 Å². The lowest BCUT2D eigenvalue weighted by Crippen LogP contribution is -2.46. The van der Waals surface area contributed by atoms with Gasteiger partial charge in [-0.15, -0.1) is 0 Å². The van der Waals surface area contributed by atoms with Gasteiger partial charge in [-0.05, 0) is 40.8 Å². The summed E-state index contributed by atoms with van der Waals surface area (Å²) in [7, 11) is 3.95. The second-order valence-corrected chi connectivity index (χ2v) is 6.26. The molecule has 0 radical (unpaired) electrons. The van der Waals surface area contributed by atoms with Crippen molar-refractivity contribution in [1.29, 1.82) is 0 Å². The Morgan fingerprint density at radius 2 is 1.80 bits per heavy atom. The van der Waals surface area contributed by atoms with Crippen LogP contribution in [0.1, 0.15) is 46.0 Å². The SMILES string of the molecule is CCN(C(=O)CC1(C(=O)O)CCCC1)C(C)CN(C)C. The third kappa shape index (κ3) is 3.95. The highest BCUT2D eigenvalue weighted by Gasteiger charge is 2.44. The molecule has 0 aliphatic heterocycles. The number of amides is 1. The van der Waals surface area contributed by atoms with Crippen molar-refractivity contribution in [3.63, 3.8) is 0 Å². The molecule has 0 saturated heterocycles. The molecule has 0 bridgehead atoms. The van der Waals surface area contributed by atoms with Crippen LogP contribution >= 0.6 is 0 Å². The molecule has 0 aromatic heterocycles. The van der Waals surface area contributed by atoms with Gasteiger partial charge in [-0.1, -0.05) is 12.8 Å². The summed E-state index contributed by atoms with van der Waals surface area (Å²) in [5.74, 6) is -0.828. The smallest absolute Gasteiger partial charge is 0.310 e. The lowest BCUT2D eigenvalue weighted by molar-refractivity contribution is -0.154. The quantitative estimate of drug-likeness (QED) is 0.774. The molecule has 1 aliphatic carbocycles. The number of hydrogen-bond acceptors (Lipinski definition) is 3. The molecule has 1 rings (SSSR count). The molecule has 1 N–H and O–H groups in total. The standard InChI is InChI=1S/C15H28N2O3/c1-5-17(12(2)11-16(3)4)13(18)10-15(14(19)20)8-6-7-9-15/h12H,5-11H2,1-4H3,(H,19,20). The first-order chi connectivity index (χ1) is 9.32. The molecular weight excluding hydrogens is 256 g/mol. The normalized spacial score (nSPS) is 19.1. The Labute approximate surface area is 121 Å². The van der Waals surface area contributed by atoms with Crippen LogP contribution in [0, 0.1) is 5.41 Å². The van der Waals surface area contributed by atoms with Crippen LogP contribution in [0.5, 0.6) is 0 Å². The first-order valence-electron chi connectivity index (χ1n) is 7.50. The predicted molar refractivity (Wildman–Crippen MR) is 78.6 cm³/mol. The predicted octanol–water partition coefficient (Wildman–Crippen LogP) is 1.82. The van der Waals surface area contributed by atoms with Crippen molar-refractivity contribution in [3.05, 3.63) is 0 Å². The van der Waals surface area contributed by atoms with E-state index in [4.69, 9.17) is 0 Å². The highest BCUT2D eigenvalue weighted by atomic mass is 16.4. The zero-order valence-corrected chi connectivity index (χ0v) is 13.2. The molecule has 1 aliphatic rings. The lowest BCUT2D eigenvalue weighted by atomic mass is 9.82. The average molecular weight is 284 g/mol. The van der Waals surface area contributed by atoms with Crippen LogP contribution in [0.25, 0.3) is 0 Å². The summed E-state index contributed by atoms with van der Waals surface area (Å²) >= 11 is 0. The Balaban J connectivity index is 2.73. The second-order valence-electron chi connectivity index (χ2n) is 6.26. The minimum Gasteiger partial charge on any atom is -0.481 e. The molecule has 5 heteroatoms. The minimum atomic E-state index is -0.817. The zero-order valence-electron chi connectivity index (χ0n) is 13.2. The van der Waals surface area contributed by atoms with Crippen LogP contribution in [0.4, 0.5) is 0 Å². The van der Waals surface area contributed by atoms with Crippen LogP contribution in [0.2, 0.25) is 0 Å². The van der Waals surface area contributed by atoms with Crippen molar-refractivity contribution in [2.45, 2.75) is 52.0 Å². The van der Waals surface area contributed by atoms with E-state index in [1.165, 1.54) is 0 Å². The number of aliphatic carboxylic acids is 1. The van der Waals surface area contributed by atoms with Crippen molar-refractivity contribution < 1.29 is 14.7 Å². The second kappa shape index (κ2) is 7.07. The molecule has 0 heterocycles. The number of hydrogen-bond donors (Lipinski definition) is 1. The summed E-state index contributed by atoms with van der Waals surface area (Å²) in [5.41, 5.74) is -0.817. The number of rotatable bonds is 7. The van der Waals surface area contributed by atoms with Gasteiger partial charge in [0.2, 0.25) is 5.91 Å². The molecule has 116 valence electrons. The molecule has 1 amide bonds. The number of likely N-dealkylation sites (N-methyl/N-ethyl adjacent to an activating group) is 2. The summed E-state index contributed by atoms with van der Waals surface area (Å²) in [6.07, 6.45) is 3.24. The highest BCUT2D eigenvalue weighted by molar-refractivity contribution is 5.85. The van der Waals surface area contributed by atoms with Gasteiger partial charge in [0.25, 0.3) is 0 Å². The van der Waals surface area contributed by atoms with Gasteiger partial charge in [-0.3, -0.25) is 9.59 Å². The van der Waals surface area contributed by atoms with Crippen molar-refractivity contribution in [3.8, 4) is 0 Å². The third-order valence-electron chi connectivity index (χ3n) is 4.33. The Morgan fingerprint density at radius 3 is 2.20 bits per heavy atom. The molecular formula is C15H28N2O3. The first-order valence-corrected chi connectivity index (χ1v) is 7.50. The Hall–Kier alpha value is -1.10. The minimum absolute atomic E-state index is 0.0221. The van der Waals surface area contributed by atoms with Crippen LogP contribution in [0.3, 0.4) is 0 Å². The molecule has 1 atom stereocenters. The van der Waals surface area contributed by atoms with Gasteiger partial charge in [-0.25, -0.2) is 0 Å². The zero-order chi connectivity index (χ0) is 15.3. The first kappa shape index (κ1) is 17.0. The van der Waals surface area contributed by atoms with Crippen molar-refractivity contribution >= 4 is 11.9 Å². The summed E-state index contributed by atoms with van der Waals surface area (Å²) in [6.45, 7) is 5.39. The Kier molecular flexibility index (Phi) is 5.99. The molecule has 1 saturated carbocycles. The summed E-state index contributed by atoms with van der Waals surface area (Å²) in [5, 5.41) is 9.47. The van der Waals surface area contributed by atoms with Crippen molar-refractivity contribution in [2.75, 3.05) is 27.2 Å². The Bertz CT molecular complexity index is 349. The van der Waals surface area contributed by atoms with Gasteiger partial charge in [0.1, 0.15) is 0 Å². The van der Waals surface area contributed by atoms with Crippen LogP contribution in [-0.4, -0.2) is 60.0 Å². The van der Waals surface area contributed by atoms with E-state index in [9.17, 15) is 14.7 Å². The van der Waals surface area contributed by atoms with E-state index in [1.807, 2.05) is 37.7 Å². The topological polar surface area (TPSA) is 60.9 Å². The molecule has 0 aromatic rings. The maximum Gasteiger partial charge on any atom is 0.310 e. The highest BCUT2D eigenvalue weighted by Crippen LogP contribution is 2.41. The third-order valence-corrected chi connectivity index (χ3v) is 4.33. The Morgan fingerprint density at radius 1 is 1.25 bits per heavy atom. The van der Waals surface area contributed by atoms with E-state index in [2.05, 4.69) is 0 Å². The van der Waals surface area contributed by atoms with E-state index < -0.39 is 11.4 Å². The van der Waals surface area contributed by atoms with E-state index in [0.717, 1.165) is 19.4 Å².